The zero-order valence-corrected chi connectivity index (χ0v) is 28.2. The Hall–Kier alpha value is -3.69. The van der Waals surface area contributed by atoms with Crippen LogP contribution in [0.3, 0.4) is 0 Å². The third-order valence-electron chi connectivity index (χ3n) is 8.49. The molecular weight excluding hydrogens is 649 g/mol. The standard InChI is InChI=1S/C29H50BN7O12/c1-20(28(46)32-21(2)29(47)37-5-3-4-23(37)30(48)49)14-22(38)15-31-24(39)16-33-6-8-34(17-25(40)41)10-12-36(19-27(44)45)13-11-35(9-7-33)18-26(42)43/h20-21,23,48-49H,3-19H2,1-2H3,(H,31,39)(H,32,46)(H,40,41)(H,42,43)(H,44,45)/t20-,21-,23+/m1/s1. The minimum atomic E-state index is -1.69. The summed E-state index contributed by atoms with van der Waals surface area (Å²) < 4.78 is 0. The molecular formula is C29H50BN7O12. The molecule has 0 aliphatic carbocycles. The van der Waals surface area contributed by atoms with Gasteiger partial charge >= 0.3 is 25.0 Å². The second-order valence-electron chi connectivity index (χ2n) is 12.6. The molecule has 7 N–H and O–H groups in total. The van der Waals surface area contributed by atoms with E-state index in [2.05, 4.69) is 10.6 Å². The van der Waals surface area contributed by atoms with Gasteiger partial charge in [-0.1, -0.05) is 6.92 Å². The summed E-state index contributed by atoms with van der Waals surface area (Å²) in [5, 5.41) is 52.2. The first kappa shape index (κ1) is 41.5. The largest absolute Gasteiger partial charge is 0.480 e. The molecule has 0 bridgehead atoms. The Morgan fingerprint density at radius 2 is 1.12 bits per heavy atom. The van der Waals surface area contributed by atoms with Gasteiger partial charge in [-0.3, -0.25) is 53.2 Å². The second kappa shape index (κ2) is 20.7. The molecule has 2 aliphatic rings. The maximum absolute atomic E-state index is 12.9. The number of aliphatic carboxylic acids is 3. The normalized spacial score (nSPS) is 20.3. The Kier molecular flexibility index (Phi) is 17.6. The van der Waals surface area contributed by atoms with Crippen LogP contribution in [-0.2, 0) is 33.6 Å². The van der Waals surface area contributed by atoms with Gasteiger partial charge < -0.3 is 40.9 Å². The summed E-state index contributed by atoms with van der Waals surface area (Å²) in [6.07, 6.45) is 0.815. The quantitative estimate of drug-likeness (QED) is 0.0752. The molecule has 2 fully saturated rings. The predicted octanol–water partition coefficient (Wildman–Crippen LogP) is -4.32. The van der Waals surface area contributed by atoms with Gasteiger partial charge in [0.2, 0.25) is 17.7 Å². The molecule has 49 heavy (non-hydrogen) atoms. The molecule has 0 radical (unpaired) electrons. The molecule has 0 aromatic rings. The van der Waals surface area contributed by atoms with Crippen molar-refractivity contribution >= 4 is 48.5 Å². The topological polar surface area (TPSA) is 261 Å². The van der Waals surface area contributed by atoms with Gasteiger partial charge in [0.1, 0.15) is 6.04 Å². The monoisotopic (exact) mass is 699 g/mol. The smallest absolute Gasteiger partial charge is 0.475 e. The van der Waals surface area contributed by atoms with E-state index in [9.17, 15) is 58.9 Å². The van der Waals surface area contributed by atoms with Crippen LogP contribution in [0.4, 0.5) is 0 Å². The lowest BCUT2D eigenvalue weighted by Crippen LogP contribution is -2.53. The summed E-state index contributed by atoms with van der Waals surface area (Å²) in [4.78, 5) is 93.1. The molecule has 20 heteroatoms. The molecule has 19 nitrogen and oxygen atoms in total. The van der Waals surface area contributed by atoms with Crippen molar-refractivity contribution in [3.05, 3.63) is 0 Å². The molecule has 2 heterocycles. The highest BCUT2D eigenvalue weighted by Gasteiger charge is 2.38. The number of hydrogen-bond donors (Lipinski definition) is 7. The number of carboxylic acids is 3. The van der Waals surface area contributed by atoms with E-state index >= 15 is 0 Å². The van der Waals surface area contributed by atoms with E-state index < -0.39 is 66.4 Å². The van der Waals surface area contributed by atoms with Crippen LogP contribution in [0.15, 0.2) is 0 Å². The molecule has 2 saturated heterocycles. The zero-order valence-electron chi connectivity index (χ0n) is 28.2. The Morgan fingerprint density at radius 1 is 0.694 bits per heavy atom. The molecule has 2 aliphatic heterocycles. The number of amides is 3. The lowest BCUT2D eigenvalue weighted by atomic mass is 9.78. The number of hydrogen-bond acceptors (Lipinski definition) is 13. The van der Waals surface area contributed by atoms with Gasteiger partial charge in [-0.25, -0.2) is 0 Å². The van der Waals surface area contributed by atoms with Crippen molar-refractivity contribution in [1.29, 1.82) is 0 Å². The number of carbonyl (C=O) groups is 7. The fraction of sp³-hybridized carbons (Fsp3) is 0.759. The maximum Gasteiger partial charge on any atom is 0.475 e. The SMILES string of the molecule is C[C@H](CC(=O)CNC(=O)CN1CCN(CC(=O)O)CCN(CC(=O)O)CCN(CC(=O)O)CC1)C(=O)N[C@H](C)C(=O)N1CCC[C@H]1B(O)O. The first-order chi connectivity index (χ1) is 23.0. The van der Waals surface area contributed by atoms with E-state index in [1.165, 1.54) is 18.7 Å². The molecule has 0 unspecified atom stereocenters. The van der Waals surface area contributed by atoms with Crippen LogP contribution >= 0.6 is 0 Å². The van der Waals surface area contributed by atoms with Crippen LogP contribution in [-0.4, -0.2) is 202 Å². The van der Waals surface area contributed by atoms with Crippen LogP contribution < -0.4 is 10.6 Å². The minimum absolute atomic E-state index is 0.171. The number of Topliss-reactive ketones (excluding diaryl/α,β-unsaturated/α-hetero) is 1. The summed E-state index contributed by atoms with van der Waals surface area (Å²) in [5.74, 6) is -6.73. The highest BCUT2D eigenvalue weighted by Crippen LogP contribution is 2.19. The van der Waals surface area contributed by atoms with E-state index in [0.717, 1.165) is 0 Å². The third kappa shape index (κ3) is 15.6. The van der Waals surface area contributed by atoms with Gasteiger partial charge in [-0.2, -0.15) is 0 Å². The molecule has 3 amide bonds. The van der Waals surface area contributed by atoms with Crippen LogP contribution in [0.1, 0.15) is 33.1 Å². The van der Waals surface area contributed by atoms with Gasteiger partial charge in [0.05, 0.1) is 38.7 Å². The predicted molar refractivity (Wildman–Crippen MR) is 173 cm³/mol. The van der Waals surface area contributed by atoms with Crippen molar-refractivity contribution in [1.82, 2.24) is 35.1 Å². The molecule has 0 aromatic carbocycles. The van der Waals surface area contributed by atoms with Crippen molar-refractivity contribution < 1.29 is 58.9 Å². The summed E-state index contributed by atoms with van der Waals surface area (Å²) >= 11 is 0. The highest BCUT2D eigenvalue weighted by molar-refractivity contribution is 6.43. The molecule has 0 saturated carbocycles. The molecule has 3 atom stereocenters. The fourth-order valence-corrected chi connectivity index (χ4v) is 5.79. The summed E-state index contributed by atoms with van der Waals surface area (Å²) in [6, 6.07) is -0.953. The number of carbonyl (C=O) groups excluding carboxylic acids is 4. The molecule has 276 valence electrons. The number of nitrogens with zero attached hydrogens (tertiary/aromatic N) is 5. The average Bonchev–Trinajstić information content (AvgIpc) is 3.50. The second-order valence-corrected chi connectivity index (χ2v) is 12.6. The number of carboxylic acid groups (broad SMARTS) is 3. The first-order valence-electron chi connectivity index (χ1n) is 16.4. The summed E-state index contributed by atoms with van der Waals surface area (Å²) in [7, 11) is -1.69. The average molecular weight is 700 g/mol. The van der Waals surface area contributed by atoms with E-state index in [1.807, 2.05) is 0 Å². The molecule has 0 aromatic heterocycles. The van der Waals surface area contributed by atoms with Crippen molar-refractivity contribution in [2.45, 2.75) is 45.1 Å². The molecule has 2 rings (SSSR count). The Balaban J connectivity index is 1.93. The van der Waals surface area contributed by atoms with Crippen molar-refractivity contribution in [3.63, 3.8) is 0 Å². The van der Waals surface area contributed by atoms with Gasteiger partial charge in [-0.15, -0.1) is 0 Å². The fourth-order valence-electron chi connectivity index (χ4n) is 5.79. The minimum Gasteiger partial charge on any atom is -0.480 e. The van der Waals surface area contributed by atoms with Gasteiger partial charge in [-0.05, 0) is 19.8 Å². The number of nitrogens with one attached hydrogen (secondary N) is 2. The van der Waals surface area contributed by atoms with Gasteiger partial charge in [0, 0.05) is 71.2 Å². The summed E-state index contributed by atoms with van der Waals surface area (Å²) in [5.41, 5.74) is 0. The van der Waals surface area contributed by atoms with Crippen LogP contribution in [0.25, 0.3) is 0 Å². The van der Waals surface area contributed by atoms with Gasteiger partial charge in [0.25, 0.3) is 0 Å². The number of rotatable bonds is 16. The van der Waals surface area contributed by atoms with E-state index in [4.69, 9.17) is 0 Å². The summed E-state index contributed by atoms with van der Waals surface area (Å²) in [6.45, 7) is 3.75. The zero-order chi connectivity index (χ0) is 36.7. The third-order valence-corrected chi connectivity index (χ3v) is 8.49. The first-order valence-corrected chi connectivity index (χ1v) is 16.4. The maximum atomic E-state index is 12.9. The van der Waals surface area contributed by atoms with Crippen LogP contribution in [0.2, 0.25) is 0 Å². The number of ketones is 1. The van der Waals surface area contributed by atoms with E-state index in [1.54, 1.807) is 19.6 Å². The Morgan fingerprint density at radius 3 is 1.53 bits per heavy atom. The van der Waals surface area contributed by atoms with Crippen molar-refractivity contribution in [2.24, 2.45) is 5.92 Å². The lowest BCUT2D eigenvalue weighted by Gasteiger charge is -2.32. The van der Waals surface area contributed by atoms with Crippen molar-refractivity contribution in [2.75, 3.05) is 91.6 Å². The van der Waals surface area contributed by atoms with Crippen LogP contribution in [0, 0.1) is 5.92 Å². The number of likely N-dealkylation sites (tertiary alicyclic amines) is 1. The Labute approximate surface area is 285 Å². The van der Waals surface area contributed by atoms with Crippen LogP contribution in [0.5, 0.6) is 0 Å². The van der Waals surface area contributed by atoms with Crippen molar-refractivity contribution in [3.8, 4) is 0 Å². The Bertz CT molecular complexity index is 1150. The lowest BCUT2D eigenvalue weighted by molar-refractivity contribution is -0.140. The van der Waals surface area contributed by atoms with E-state index in [-0.39, 0.29) is 91.5 Å². The van der Waals surface area contributed by atoms with E-state index in [0.29, 0.717) is 19.4 Å². The molecule has 0 spiro atoms. The highest BCUT2D eigenvalue weighted by atomic mass is 16.4. The van der Waals surface area contributed by atoms with Gasteiger partial charge in [0.15, 0.2) is 5.78 Å².